The Morgan fingerprint density at radius 2 is 2.15 bits per heavy atom. The van der Waals surface area contributed by atoms with Crippen LogP contribution in [0.15, 0.2) is 29.3 Å². The van der Waals surface area contributed by atoms with Crippen molar-refractivity contribution in [1.82, 2.24) is 10.2 Å². The second kappa shape index (κ2) is 4.73. The Morgan fingerprint density at radius 3 is 3.00 bits per heavy atom. The normalized spacial score (nSPS) is 43.6. The van der Waals surface area contributed by atoms with E-state index in [2.05, 4.69) is 24.1 Å². The molecule has 5 aliphatic rings. The maximum atomic E-state index is 12.8. The number of hydrogen-bond donors (Lipinski definition) is 2. The zero-order chi connectivity index (χ0) is 18.6. The molecule has 4 fully saturated rings. The van der Waals surface area contributed by atoms with Crippen LogP contribution < -0.4 is 5.32 Å². The third-order valence-corrected chi connectivity index (χ3v) is 7.91. The first-order valence-corrected chi connectivity index (χ1v) is 10.0. The van der Waals surface area contributed by atoms with Crippen LogP contribution in [0.1, 0.15) is 45.1 Å². The summed E-state index contributed by atoms with van der Waals surface area (Å²) in [4.78, 5) is 20.0. The van der Waals surface area contributed by atoms with Gasteiger partial charge in [0.05, 0.1) is 16.9 Å². The average Bonchev–Trinajstić information content (AvgIpc) is 3.21. The van der Waals surface area contributed by atoms with Gasteiger partial charge in [0.1, 0.15) is 6.23 Å². The van der Waals surface area contributed by atoms with Crippen LogP contribution in [0.3, 0.4) is 0 Å². The molecule has 0 aromatic heterocycles. The number of nitrogens with one attached hydrogen (secondary N) is 1. The molecule has 6 nitrogen and oxygen atoms in total. The average molecular weight is 367 g/mol. The highest BCUT2D eigenvalue weighted by atomic mass is 16.6. The molecule has 1 amide bonds. The molecule has 0 unspecified atom stereocenters. The quantitative estimate of drug-likeness (QED) is 0.739. The lowest BCUT2D eigenvalue weighted by atomic mass is 9.49. The Bertz CT molecular complexity index is 896. The van der Waals surface area contributed by atoms with Crippen molar-refractivity contribution in [1.29, 1.82) is 0 Å². The standard InChI is InChI=1S/C21H25N3O3/c1-19(2)15-10-12-6-5-9-24(12)17(25)20(15)11-21(27-18(26)23-20)13-7-3-4-8-14(13)22-16(19)21/h3-4,7-8,12,15,17,25H,5-6,9-11H2,1-2H3,(H,23,26)/t12-,15-,17-,20+,21+/m1/s1. The van der Waals surface area contributed by atoms with Gasteiger partial charge in [0.25, 0.3) is 0 Å². The second-order valence-electron chi connectivity index (χ2n) is 9.45. The molecular weight excluding hydrogens is 342 g/mol. The highest BCUT2D eigenvalue weighted by Gasteiger charge is 2.73. The van der Waals surface area contributed by atoms with E-state index >= 15 is 0 Å². The van der Waals surface area contributed by atoms with Gasteiger partial charge in [-0.15, -0.1) is 0 Å². The summed E-state index contributed by atoms with van der Waals surface area (Å²) in [5, 5.41) is 14.6. The SMILES string of the molecule is CC1(C)C2=Nc3ccccc3[C@@]23C[C@]2(NC(=O)O3)[C@@H]1C[C@H]1CCCN1[C@@H]2O. The van der Waals surface area contributed by atoms with E-state index in [1.54, 1.807) is 0 Å². The van der Waals surface area contributed by atoms with Crippen molar-refractivity contribution in [2.24, 2.45) is 16.3 Å². The Hall–Kier alpha value is -1.92. The fourth-order valence-corrected chi connectivity index (χ4v) is 6.92. The maximum Gasteiger partial charge on any atom is 0.409 e. The number of fused-ring (bicyclic) bond motifs is 2. The summed E-state index contributed by atoms with van der Waals surface area (Å²) in [6.45, 7) is 5.31. The molecule has 2 spiro atoms. The predicted octanol–water partition coefficient (Wildman–Crippen LogP) is 2.68. The van der Waals surface area contributed by atoms with Gasteiger partial charge in [-0.2, -0.15) is 0 Å². The first-order chi connectivity index (χ1) is 12.9. The molecule has 142 valence electrons. The van der Waals surface area contributed by atoms with E-state index < -0.39 is 23.5 Å². The lowest BCUT2D eigenvalue weighted by molar-refractivity contribution is -0.188. The van der Waals surface area contributed by atoms with Gasteiger partial charge >= 0.3 is 6.09 Å². The number of hydrogen-bond acceptors (Lipinski definition) is 5. The highest BCUT2D eigenvalue weighted by molar-refractivity contribution is 6.07. The minimum Gasteiger partial charge on any atom is -0.432 e. The summed E-state index contributed by atoms with van der Waals surface area (Å²) in [6.07, 6.45) is 2.59. The van der Waals surface area contributed by atoms with Crippen LogP contribution in [0.5, 0.6) is 0 Å². The maximum absolute atomic E-state index is 12.8. The van der Waals surface area contributed by atoms with Gasteiger partial charge in [-0.1, -0.05) is 32.0 Å². The van der Waals surface area contributed by atoms with Crippen LogP contribution in [0.2, 0.25) is 0 Å². The number of carbonyl (C=O) groups is 1. The van der Waals surface area contributed by atoms with Gasteiger partial charge in [0.15, 0.2) is 5.60 Å². The fourth-order valence-electron chi connectivity index (χ4n) is 6.92. The third kappa shape index (κ3) is 1.70. The van der Waals surface area contributed by atoms with E-state index in [1.165, 1.54) is 0 Å². The summed E-state index contributed by atoms with van der Waals surface area (Å²) in [7, 11) is 0. The van der Waals surface area contributed by atoms with E-state index in [0.717, 1.165) is 42.8 Å². The van der Waals surface area contributed by atoms with E-state index in [-0.39, 0.29) is 11.3 Å². The molecule has 2 N–H and O–H groups in total. The molecule has 3 saturated heterocycles. The van der Waals surface area contributed by atoms with Crippen molar-refractivity contribution in [3.8, 4) is 0 Å². The molecular formula is C21H25N3O3. The fraction of sp³-hybridized carbons (Fsp3) is 0.619. The number of para-hydroxylation sites is 1. The number of benzene rings is 1. The van der Waals surface area contributed by atoms with Crippen molar-refractivity contribution >= 4 is 17.5 Å². The number of amides is 1. The van der Waals surface area contributed by atoms with Crippen LogP contribution in [0.25, 0.3) is 0 Å². The molecule has 6 rings (SSSR count). The summed E-state index contributed by atoms with van der Waals surface area (Å²) in [5.74, 6) is 0.119. The van der Waals surface area contributed by atoms with Crippen molar-refractivity contribution in [3.05, 3.63) is 29.8 Å². The van der Waals surface area contributed by atoms with E-state index in [1.807, 2.05) is 24.3 Å². The molecule has 6 heteroatoms. The number of nitrogens with zero attached hydrogens (tertiary/aromatic N) is 2. The Kier molecular flexibility index (Phi) is 2.82. The number of rotatable bonds is 0. The monoisotopic (exact) mass is 367 g/mol. The Balaban J connectivity index is 1.60. The van der Waals surface area contributed by atoms with Crippen LogP contribution in [0.4, 0.5) is 10.5 Å². The molecule has 5 atom stereocenters. The van der Waals surface area contributed by atoms with E-state index in [4.69, 9.17) is 9.73 Å². The summed E-state index contributed by atoms with van der Waals surface area (Å²) >= 11 is 0. The number of piperidine rings is 1. The summed E-state index contributed by atoms with van der Waals surface area (Å²) in [6, 6.07) is 8.34. The molecule has 1 aliphatic carbocycles. The molecule has 2 bridgehead atoms. The van der Waals surface area contributed by atoms with Crippen LogP contribution >= 0.6 is 0 Å². The zero-order valence-electron chi connectivity index (χ0n) is 15.7. The topological polar surface area (TPSA) is 74.2 Å². The summed E-state index contributed by atoms with van der Waals surface area (Å²) in [5.41, 5.74) is 0.921. The number of aliphatic hydroxyl groups is 1. The van der Waals surface area contributed by atoms with Crippen molar-refractivity contribution < 1.29 is 14.6 Å². The molecule has 1 aromatic rings. The van der Waals surface area contributed by atoms with Gasteiger partial charge in [-0.25, -0.2) is 4.79 Å². The molecule has 4 heterocycles. The van der Waals surface area contributed by atoms with Crippen molar-refractivity contribution in [2.75, 3.05) is 6.54 Å². The second-order valence-corrected chi connectivity index (χ2v) is 9.45. The minimum atomic E-state index is -0.869. The number of aliphatic imine (C=N–C) groups is 1. The minimum absolute atomic E-state index is 0.119. The van der Waals surface area contributed by atoms with Crippen LogP contribution in [-0.2, 0) is 10.3 Å². The lowest BCUT2D eigenvalue weighted by Gasteiger charge is -2.65. The molecule has 1 aromatic carbocycles. The van der Waals surface area contributed by atoms with Gasteiger partial charge in [-0.3, -0.25) is 9.89 Å². The Morgan fingerprint density at radius 1 is 1.33 bits per heavy atom. The smallest absolute Gasteiger partial charge is 0.409 e. The highest BCUT2D eigenvalue weighted by Crippen LogP contribution is 2.63. The largest absolute Gasteiger partial charge is 0.432 e. The molecule has 27 heavy (non-hydrogen) atoms. The summed E-state index contributed by atoms with van der Waals surface area (Å²) < 4.78 is 6.02. The Labute approximate surface area is 158 Å². The number of alkyl carbamates (subject to hydrolysis) is 1. The van der Waals surface area contributed by atoms with Crippen LogP contribution in [0, 0.1) is 11.3 Å². The van der Waals surface area contributed by atoms with Gasteiger partial charge < -0.3 is 15.2 Å². The van der Waals surface area contributed by atoms with E-state index in [0.29, 0.717) is 12.5 Å². The van der Waals surface area contributed by atoms with Gasteiger partial charge in [0, 0.05) is 30.0 Å². The van der Waals surface area contributed by atoms with Crippen LogP contribution in [-0.4, -0.2) is 46.2 Å². The van der Waals surface area contributed by atoms with E-state index in [9.17, 15) is 9.90 Å². The van der Waals surface area contributed by atoms with Gasteiger partial charge in [0.2, 0.25) is 0 Å². The van der Waals surface area contributed by atoms with Gasteiger partial charge in [-0.05, 0) is 31.2 Å². The first-order valence-electron chi connectivity index (χ1n) is 10.0. The molecule has 0 radical (unpaired) electrons. The van der Waals surface area contributed by atoms with Crippen molar-refractivity contribution in [3.63, 3.8) is 0 Å². The third-order valence-electron chi connectivity index (χ3n) is 7.91. The zero-order valence-corrected chi connectivity index (χ0v) is 15.7. The molecule has 4 aliphatic heterocycles. The molecule has 1 saturated carbocycles. The lowest BCUT2D eigenvalue weighted by Crippen LogP contribution is -2.81. The number of aliphatic hydroxyl groups excluding tert-OH is 1. The predicted molar refractivity (Wildman–Crippen MR) is 99.8 cm³/mol. The first kappa shape index (κ1) is 16.1. The number of ether oxygens (including phenoxy) is 1. The number of carbonyl (C=O) groups excluding carboxylic acids is 1. The van der Waals surface area contributed by atoms with Crippen molar-refractivity contribution in [2.45, 2.75) is 62.9 Å².